The van der Waals surface area contributed by atoms with Gasteiger partial charge in [-0.15, -0.1) is 0 Å². The molecule has 2 saturated carbocycles. The van der Waals surface area contributed by atoms with Gasteiger partial charge in [0.1, 0.15) is 24.4 Å². The Hall–Kier alpha value is -1.83. The molecule has 3 aliphatic carbocycles. The van der Waals surface area contributed by atoms with Gasteiger partial charge in [0.2, 0.25) is 0 Å². The summed E-state index contributed by atoms with van der Waals surface area (Å²) in [6.07, 6.45) is -2.06. The number of carbonyl (C=O) groups is 1. The maximum atomic E-state index is 12.7. The van der Waals surface area contributed by atoms with Crippen LogP contribution in [0.25, 0.3) is 0 Å². The molecule has 2 heterocycles. The maximum Gasteiger partial charge on any atom is 0.174 e. The number of ether oxygens (including phenoxy) is 1. The first-order chi connectivity index (χ1) is 17.6. The third kappa shape index (κ3) is 4.07. The van der Waals surface area contributed by atoms with Crippen molar-refractivity contribution in [1.82, 2.24) is 4.90 Å². The van der Waals surface area contributed by atoms with E-state index in [2.05, 4.69) is 4.90 Å². The first-order valence-electron chi connectivity index (χ1n) is 13.0. The van der Waals surface area contributed by atoms with Gasteiger partial charge >= 0.3 is 0 Å². The van der Waals surface area contributed by atoms with Crippen LogP contribution in [0.15, 0.2) is 12.1 Å². The molecule has 1 aromatic carbocycles. The number of Topliss-reactive ketones (excluding diaryl/α,β-unsaturated/α-hetero) is 1. The van der Waals surface area contributed by atoms with Crippen LogP contribution >= 0.6 is 0 Å². The van der Waals surface area contributed by atoms with Crippen LogP contribution < -0.4 is 4.74 Å². The zero-order valence-corrected chi connectivity index (χ0v) is 20.6. The van der Waals surface area contributed by atoms with E-state index >= 15 is 0 Å². The number of aliphatic hydroxyl groups excluding tert-OH is 6. The van der Waals surface area contributed by atoms with E-state index in [1.54, 1.807) is 6.07 Å². The molecule has 3 fully saturated rings. The lowest BCUT2D eigenvalue weighted by atomic mass is 9.49. The highest BCUT2D eigenvalue weighted by Crippen LogP contribution is 2.64. The minimum atomic E-state index is -1.67. The fraction of sp³-hybridized carbons (Fsp3) is 0.731. The molecule has 1 spiro atoms. The Kier molecular flexibility index (Phi) is 7.04. The van der Waals surface area contributed by atoms with E-state index in [1.807, 2.05) is 6.07 Å². The van der Waals surface area contributed by atoms with Gasteiger partial charge in [0.15, 0.2) is 23.4 Å². The monoisotopic (exact) mass is 523 g/mol. The van der Waals surface area contributed by atoms with Crippen LogP contribution in [-0.4, -0.2) is 120 Å². The normalized spacial score (nSPS) is 34.9. The molecule has 0 amide bonds. The van der Waals surface area contributed by atoms with Gasteiger partial charge in [-0.25, -0.2) is 0 Å². The zero-order chi connectivity index (χ0) is 26.7. The first kappa shape index (κ1) is 26.8. The van der Waals surface area contributed by atoms with E-state index in [4.69, 9.17) is 35.4 Å². The van der Waals surface area contributed by atoms with Crippen molar-refractivity contribution in [3.8, 4) is 11.5 Å². The van der Waals surface area contributed by atoms with E-state index in [9.17, 15) is 15.0 Å². The third-order valence-corrected chi connectivity index (χ3v) is 9.07. The highest BCUT2D eigenvalue weighted by molar-refractivity contribution is 5.90. The van der Waals surface area contributed by atoms with E-state index in [1.165, 1.54) is 12.8 Å². The summed E-state index contributed by atoms with van der Waals surface area (Å²) in [5.41, 5.74) is 0.454. The van der Waals surface area contributed by atoms with Gasteiger partial charge in [0.05, 0.1) is 24.2 Å². The molecule has 11 nitrogen and oxygen atoms in total. The predicted molar refractivity (Wildman–Crippen MR) is 128 cm³/mol. The number of likely N-dealkylation sites (tertiary alicyclic amines) is 1. The first-order valence-corrected chi connectivity index (χ1v) is 13.0. The Morgan fingerprint density at radius 3 is 2.27 bits per heavy atom. The minimum absolute atomic E-state index is 0.0454. The Bertz CT molecular complexity index is 1020. The Balaban J connectivity index is 0.000000201. The average Bonchev–Trinajstić information content (AvgIpc) is 3.64. The van der Waals surface area contributed by atoms with Crippen molar-refractivity contribution in [3.63, 3.8) is 0 Å². The molecule has 2 aliphatic heterocycles. The van der Waals surface area contributed by atoms with Gasteiger partial charge < -0.3 is 45.6 Å². The number of aliphatic hydroxyl groups is 7. The number of ketones is 1. The molecule has 6 rings (SSSR count). The number of hydrogen-bond acceptors (Lipinski definition) is 11. The average molecular weight is 524 g/mol. The van der Waals surface area contributed by atoms with Gasteiger partial charge in [-0.05, 0) is 56.2 Å². The molecule has 8 atom stereocenters. The van der Waals surface area contributed by atoms with Crippen LogP contribution in [0.2, 0.25) is 0 Å². The summed E-state index contributed by atoms with van der Waals surface area (Å²) in [7, 11) is 0. The second-order valence-corrected chi connectivity index (χ2v) is 11.2. The van der Waals surface area contributed by atoms with E-state index in [0.717, 1.165) is 43.0 Å². The van der Waals surface area contributed by atoms with Crippen molar-refractivity contribution in [2.24, 2.45) is 5.92 Å². The van der Waals surface area contributed by atoms with Gasteiger partial charge in [-0.3, -0.25) is 9.69 Å². The highest BCUT2D eigenvalue weighted by Gasteiger charge is 2.73. The standard InChI is InChI=1S/C20H23NO4.C6H14O6/c22-13-4-3-12-9-15-20(24)6-5-14(23)18-19(20,16(12)17(13)25-18)7-8-21(15)10-11-1-2-11;7-1-3(9)5(11)6(12)4(10)2-8/h3-4,11,15,18,22,24H,1-2,5-10H2;3-12H,1-2H2/t15-,18+,19+,20-;3-,4+,5-,6-/m11/s1. The number of nitrogens with zero attached hydrogens (tertiary/aromatic N) is 1. The topological polar surface area (TPSA) is 191 Å². The second kappa shape index (κ2) is 9.73. The second-order valence-electron chi connectivity index (χ2n) is 11.2. The SMILES string of the molecule is O=C1CC[C@@]2(O)[C@H]3Cc4ccc(O)c5c4[C@@]2(CCN3CC2CC2)[C@H]1O5.OC[C@@H](O)[C@@H](O)[C@H](O)[C@@H](O)CO. The van der Waals surface area contributed by atoms with Gasteiger partial charge in [0.25, 0.3) is 0 Å². The summed E-state index contributed by atoms with van der Waals surface area (Å²) in [6, 6.07) is 3.69. The van der Waals surface area contributed by atoms with Crippen molar-refractivity contribution in [1.29, 1.82) is 0 Å². The van der Waals surface area contributed by atoms with Crippen molar-refractivity contribution in [2.45, 2.75) is 86.1 Å². The summed E-state index contributed by atoms with van der Waals surface area (Å²) in [4.78, 5) is 15.2. The summed E-state index contributed by atoms with van der Waals surface area (Å²) >= 11 is 0. The van der Waals surface area contributed by atoms with Crippen molar-refractivity contribution in [2.75, 3.05) is 26.3 Å². The van der Waals surface area contributed by atoms with Crippen LogP contribution in [0.4, 0.5) is 0 Å². The summed E-state index contributed by atoms with van der Waals surface area (Å²) in [5.74, 6) is 1.39. The van der Waals surface area contributed by atoms with Crippen molar-refractivity contribution in [3.05, 3.63) is 23.3 Å². The molecule has 37 heavy (non-hydrogen) atoms. The molecule has 2 bridgehead atoms. The number of phenolic OH excluding ortho intramolecular Hbond substituents is 1. The largest absolute Gasteiger partial charge is 0.504 e. The van der Waals surface area contributed by atoms with E-state index < -0.39 is 54.7 Å². The third-order valence-electron chi connectivity index (χ3n) is 9.07. The Labute approximate surface area is 214 Å². The van der Waals surface area contributed by atoms with Gasteiger partial charge in [0, 0.05) is 24.6 Å². The molecule has 1 saturated heterocycles. The van der Waals surface area contributed by atoms with Gasteiger partial charge in [-0.2, -0.15) is 0 Å². The fourth-order valence-electron chi connectivity index (χ4n) is 6.93. The lowest BCUT2D eigenvalue weighted by molar-refractivity contribution is -0.188. The van der Waals surface area contributed by atoms with E-state index in [-0.39, 0.29) is 17.6 Å². The lowest BCUT2D eigenvalue weighted by Gasteiger charge is -2.62. The smallest absolute Gasteiger partial charge is 0.174 e. The summed E-state index contributed by atoms with van der Waals surface area (Å²) in [5, 5.41) is 74.5. The van der Waals surface area contributed by atoms with Crippen LogP contribution in [0.3, 0.4) is 0 Å². The maximum absolute atomic E-state index is 12.7. The highest BCUT2D eigenvalue weighted by atomic mass is 16.5. The molecule has 0 radical (unpaired) electrons. The van der Waals surface area contributed by atoms with E-state index in [0.29, 0.717) is 18.6 Å². The lowest BCUT2D eigenvalue weighted by Crippen LogP contribution is -2.76. The molecule has 0 unspecified atom stereocenters. The number of phenols is 1. The van der Waals surface area contributed by atoms with Crippen LogP contribution in [0.5, 0.6) is 11.5 Å². The molecule has 11 heteroatoms. The van der Waals surface area contributed by atoms with Crippen LogP contribution in [-0.2, 0) is 16.6 Å². The Morgan fingerprint density at radius 2 is 1.68 bits per heavy atom. The summed E-state index contributed by atoms with van der Waals surface area (Å²) < 4.78 is 6.04. The van der Waals surface area contributed by atoms with Crippen LogP contribution in [0, 0.1) is 5.92 Å². The fourth-order valence-corrected chi connectivity index (χ4v) is 6.93. The number of rotatable bonds is 7. The zero-order valence-electron chi connectivity index (χ0n) is 20.6. The molecule has 206 valence electrons. The molecule has 5 aliphatic rings. The van der Waals surface area contributed by atoms with Crippen molar-refractivity contribution >= 4 is 5.78 Å². The predicted octanol–water partition coefficient (Wildman–Crippen LogP) is -2.06. The van der Waals surface area contributed by atoms with Crippen molar-refractivity contribution < 1.29 is 50.4 Å². The number of carbonyl (C=O) groups excluding carboxylic acids is 1. The van der Waals surface area contributed by atoms with Crippen LogP contribution in [0.1, 0.15) is 43.2 Å². The number of benzene rings is 1. The molecular weight excluding hydrogens is 486 g/mol. The number of piperidine rings is 1. The summed E-state index contributed by atoms with van der Waals surface area (Å²) in [6.45, 7) is 0.501. The molecule has 8 N–H and O–H groups in total. The minimum Gasteiger partial charge on any atom is -0.504 e. The molecular formula is C26H37NO10. The quantitative estimate of drug-likeness (QED) is 0.196. The number of aromatic hydroxyl groups is 1. The number of hydrogen-bond donors (Lipinski definition) is 8. The molecule has 1 aromatic rings. The Morgan fingerprint density at radius 1 is 1.03 bits per heavy atom. The van der Waals surface area contributed by atoms with Gasteiger partial charge in [-0.1, -0.05) is 6.07 Å². The molecule has 0 aromatic heterocycles.